The van der Waals surface area contributed by atoms with Crippen molar-refractivity contribution in [2.45, 2.75) is 6.42 Å². The monoisotopic (exact) mass is 282 g/mol. The van der Waals surface area contributed by atoms with Crippen molar-refractivity contribution in [3.05, 3.63) is 58.6 Å². The van der Waals surface area contributed by atoms with Crippen LogP contribution in [0.15, 0.2) is 36.4 Å². The highest BCUT2D eigenvalue weighted by molar-refractivity contribution is 6.31. The molecule has 19 heavy (non-hydrogen) atoms. The molecule has 0 aromatic heterocycles. The minimum Gasteiger partial charge on any atom is -0.481 e. The quantitative estimate of drug-likeness (QED) is 0.926. The second-order valence-electron chi connectivity index (χ2n) is 4.00. The average molecular weight is 283 g/mol. The molecule has 0 spiro atoms. The third-order valence-electron chi connectivity index (χ3n) is 2.63. The second-order valence-corrected chi connectivity index (χ2v) is 4.41. The van der Waals surface area contributed by atoms with Crippen LogP contribution in [0.3, 0.4) is 0 Å². The summed E-state index contributed by atoms with van der Waals surface area (Å²) in [5, 5.41) is 8.90. The predicted molar refractivity (Wildman–Crippen MR) is 68.1 cm³/mol. The fourth-order valence-corrected chi connectivity index (χ4v) is 1.99. The fourth-order valence-electron chi connectivity index (χ4n) is 1.74. The van der Waals surface area contributed by atoms with E-state index in [1.807, 2.05) is 0 Å². The molecule has 2 aromatic carbocycles. The van der Waals surface area contributed by atoms with Crippen LogP contribution < -0.4 is 0 Å². The van der Waals surface area contributed by atoms with Crippen molar-refractivity contribution in [2.24, 2.45) is 0 Å². The Morgan fingerprint density at radius 1 is 1.16 bits per heavy atom. The van der Waals surface area contributed by atoms with Crippen LogP contribution in [0.2, 0.25) is 5.02 Å². The number of halogens is 3. The normalized spacial score (nSPS) is 10.5. The first-order chi connectivity index (χ1) is 8.97. The van der Waals surface area contributed by atoms with Gasteiger partial charge in [-0.1, -0.05) is 23.7 Å². The van der Waals surface area contributed by atoms with E-state index in [-0.39, 0.29) is 17.0 Å². The van der Waals surface area contributed by atoms with Crippen molar-refractivity contribution in [2.75, 3.05) is 0 Å². The van der Waals surface area contributed by atoms with Crippen molar-refractivity contribution in [3.8, 4) is 11.1 Å². The molecule has 98 valence electrons. The van der Waals surface area contributed by atoms with Crippen LogP contribution >= 0.6 is 11.6 Å². The summed E-state index contributed by atoms with van der Waals surface area (Å²) < 4.78 is 26.7. The maximum absolute atomic E-state index is 13.6. The van der Waals surface area contributed by atoms with E-state index < -0.39 is 17.6 Å². The van der Waals surface area contributed by atoms with Crippen molar-refractivity contribution >= 4 is 17.6 Å². The molecule has 0 unspecified atom stereocenters. The third kappa shape index (κ3) is 3.09. The first-order valence-corrected chi connectivity index (χ1v) is 5.81. The zero-order valence-corrected chi connectivity index (χ0v) is 10.4. The van der Waals surface area contributed by atoms with Gasteiger partial charge >= 0.3 is 5.97 Å². The standard InChI is InChI=1S/C14H9ClF2O2/c15-12-5-8(1-2-9(12)6-14(18)19)11-7-10(16)3-4-13(11)17/h1-5,7H,6H2,(H,18,19). The number of carboxylic acid groups (broad SMARTS) is 1. The number of benzene rings is 2. The van der Waals surface area contributed by atoms with Gasteiger partial charge in [0.1, 0.15) is 11.6 Å². The van der Waals surface area contributed by atoms with E-state index in [1.165, 1.54) is 18.2 Å². The van der Waals surface area contributed by atoms with Crippen LogP contribution in [0.1, 0.15) is 5.56 Å². The van der Waals surface area contributed by atoms with E-state index >= 15 is 0 Å². The van der Waals surface area contributed by atoms with Gasteiger partial charge in [-0.05, 0) is 35.4 Å². The summed E-state index contributed by atoms with van der Waals surface area (Å²) in [6, 6.07) is 7.57. The van der Waals surface area contributed by atoms with E-state index in [1.54, 1.807) is 0 Å². The molecule has 0 fully saturated rings. The highest BCUT2D eigenvalue weighted by Gasteiger charge is 2.10. The molecule has 2 rings (SSSR count). The molecule has 5 heteroatoms. The summed E-state index contributed by atoms with van der Waals surface area (Å²) in [6.45, 7) is 0. The molecule has 1 N–H and O–H groups in total. The molecule has 0 amide bonds. The Hall–Kier alpha value is -1.94. The zero-order valence-electron chi connectivity index (χ0n) is 9.66. The number of aliphatic carboxylic acids is 1. The summed E-state index contributed by atoms with van der Waals surface area (Å²) in [5.74, 6) is -2.13. The van der Waals surface area contributed by atoms with Crippen LogP contribution in [0, 0.1) is 11.6 Å². The summed E-state index contributed by atoms with van der Waals surface area (Å²) in [4.78, 5) is 10.6. The minimum atomic E-state index is -1.01. The van der Waals surface area contributed by atoms with Crippen molar-refractivity contribution in [1.29, 1.82) is 0 Å². The van der Waals surface area contributed by atoms with Crippen molar-refractivity contribution < 1.29 is 18.7 Å². The molecule has 0 bridgehead atoms. The number of carboxylic acids is 1. The van der Waals surface area contributed by atoms with E-state index in [0.717, 1.165) is 18.2 Å². The number of carbonyl (C=O) groups is 1. The maximum atomic E-state index is 13.6. The molecule has 0 radical (unpaired) electrons. The Morgan fingerprint density at radius 3 is 2.53 bits per heavy atom. The van der Waals surface area contributed by atoms with Gasteiger partial charge in [-0.25, -0.2) is 8.78 Å². The Bertz CT molecular complexity index is 641. The summed E-state index contributed by atoms with van der Waals surface area (Å²) >= 11 is 5.94. The van der Waals surface area contributed by atoms with Gasteiger partial charge in [0, 0.05) is 10.6 Å². The molecule has 0 saturated heterocycles. The van der Waals surface area contributed by atoms with Gasteiger partial charge in [-0.3, -0.25) is 4.79 Å². The molecule has 0 atom stereocenters. The summed E-state index contributed by atoms with van der Waals surface area (Å²) in [7, 11) is 0. The van der Waals surface area contributed by atoms with Crippen LogP contribution in [0.25, 0.3) is 11.1 Å². The Morgan fingerprint density at radius 2 is 1.89 bits per heavy atom. The first-order valence-electron chi connectivity index (χ1n) is 5.43. The lowest BCUT2D eigenvalue weighted by molar-refractivity contribution is -0.136. The van der Waals surface area contributed by atoms with Gasteiger partial charge in [0.05, 0.1) is 6.42 Å². The molecule has 0 aliphatic carbocycles. The van der Waals surface area contributed by atoms with Gasteiger partial charge in [-0.2, -0.15) is 0 Å². The third-order valence-corrected chi connectivity index (χ3v) is 2.99. The molecular formula is C14H9ClF2O2. The Kier molecular flexibility index (Phi) is 3.81. The highest BCUT2D eigenvalue weighted by Crippen LogP contribution is 2.28. The van der Waals surface area contributed by atoms with Gasteiger partial charge in [0.25, 0.3) is 0 Å². The Labute approximate surface area is 113 Å². The maximum Gasteiger partial charge on any atom is 0.307 e. The largest absolute Gasteiger partial charge is 0.481 e. The Balaban J connectivity index is 2.44. The molecular weight excluding hydrogens is 274 g/mol. The number of rotatable bonds is 3. The molecule has 2 aromatic rings. The number of hydrogen-bond donors (Lipinski definition) is 1. The van der Waals surface area contributed by atoms with Crippen LogP contribution in [-0.2, 0) is 11.2 Å². The van der Waals surface area contributed by atoms with Crippen LogP contribution in [-0.4, -0.2) is 11.1 Å². The van der Waals surface area contributed by atoms with Crippen molar-refractivity contribution in [1.82, 2.24) is 0 Å². The van der Waals surface area contributed by atoms with E-state index in [2.05, 4.69) is 0 Å². The smallest absolute Gasteiger partial charge is 0.307 e. The van der Waals surface area contributed by atoms with E-state index in [4.69, 9.17) is 16.7 Å². The van der Waals surface area contributed by atoms with Gasteiger partial charge < -0.3 is 5.11 Å². The molecule has 0 aliphatic heterocycles. The SMILES string of the molecule is O=C(O)Cc1ccc(-c2cc(F)ccc2F)cc1Cl. The first kappa shape index (κ1) is 13.5. The lowest BCUT2D eigenvalue weighted by Crippen LogP contribution is -2.00. The highest BCUT2D eigenvalue weighted by atomic mass is 35.5. The summed E-state index contributed by atoms with van der Waals surface area (Å²) in [5.41, 5.74) is 0.912. The van der Waals surface area contributed by atoms with Gasteiger partial charge in [-0.15, -0.1) is 0 Å². The van der Waals surface area contributed by atoms with Crippen LogP contribution in [0.5, 0.6) is 0 Å². The zero-order chi connectivity index (χ0) is 14.0. The summed E-state index contributed by atoms with van der Waals surface area (Å²) in [6.07, 6.45) is -0.218. The number of hydrogen-bond acceptors (Lipinski definition) is 1. The van der Waals surface area contributed by atoms with E-state index in [9.17, 15) is 13.6 Å². The molecule has 0 aliphatic rings. The molecule has 0 heterocycles. The van der Waals surface area contributed by atoms with Crippen LogP contribution in [0.4, 0.5) is 8.78 Å². The van der Waals surface area contributed by atoms with Gasteiger partial charge in [0.2, 0.25) is 0 Å². The lowest BCUT2D eigenvalue weighted by Gasteiger charge is -2.07. The topological polar surface area (TPSA) is 37.3 Å². The minimum absolute atomic E-state index is 0.0868. The van der Waals surface area contributed by atoms with Gasteiger partial charge in [0.15, 0.2) is 0 Å². The molecule has 0 saturated carbocycles. The second kappa shape index (κ2) is 5.36. The van der Waals surface area contributed by atoms with E-state index in [0.29, 0.717) is 11.1 Å². The fraction of sp³-hybridized carbons (Fsp3) is 0.0714. The lowest BCUT2D eigenvalue weighted by atomic mass is 10.0. The predicted octanol–water partition coefficient (Wildman–Crippen LogP) is 3.91. The molecule has 2 nitrogen and oxygen atoms in total. The average Bonchev–Trinajstić information content (AvgIpc) is 2.34. The van der Waals surface area contributed by atoms with Crippen molar-refractivity contribution in [3.63, 3.8) is 0 Å².